The summed E-state index contributed by atoms with van der Waals surface area (Å²) in [4.78, 5) is 12.2. The third-order valence-electron chi connectivity index (χ3n) is 4.46. The fraction of sp³-hybridized carbons (Fsp3) is 0.227. The minimum atomic E-state index is -0.325. The molecule has 0 aliphatic rings. The van der Waals surface area contributed by atoms with Crippen LogP contribution >= 0.6 is 0 Å². The highest BCUT2D eigenvalue weighted by Gasteiger charge is 2.10. The molecule has 5 nitrogen and oxygen atoms in total. The lowest BCUT2D eigenvalue weighted by atomic mass is 10.0. The van der Waals surface area contributed by atoms with Gasteiger partial charge in [-0.1, -0.05) is 69.3 Å². The van der Waals surface area contributed by atoms with E-state index in [2.05, 4.69) is 65.8 Å². The lowest BCUT2D eigenvalue weighted by molar-refractivity contribution is 0.0950. The minimum Gasteiger partial charge on any atom is -0.272 e. The number of hydrazone groups is 1. The molecule has 0 saturated carbocycles. The molecule has 0 spiro atoms. The first-order valence-corrected chi connectivity index (χ1v) is 9.15. The monoisotopic (exact) mass is 360 g/mol. The number of nitrogens with one attached hydrogen (secondary N) is 2. The molecule has 1 amide bonds. The maximum Gasteiger partial charge on any atom is 0.289 e. The van der Waals surface area contributed by atoms with Gasteiger partial charge in [-0.15, -0.1) is 0 Å². The number of benzene rings is 2. The van der Waals surface area contributed by atoms with Crippen LogP contribution in [0.2, 0.25) is 0 Å². The summed E-state index contributed by atoms with van der Waals surface area (Å²) in [5.74, 6) is 0.164. The molecule has 138 valence electrons. The summed E-state index contributed by atoms with van der Waals surface area (Å²) >= 11 is 0. The molecular formula is C22H24N4O. The van der Waals surface area contributed by atoms with Crippen molar-refractivity contribution in [1.82, 2.24) is 15.6 Å². The summed E-state index contributed by atoms with van der Waals surface area (Å²) in [6, 6.07) is 18.0. The SMILES string of the molecule is CCc1ccc(-c2cc(C(=O)NN=Cc3ccc(C(C)C)cc3)[nH]n2)cc1. The summed E-state index contributed by atoms with van der Waals surface area (Å²) in [7, 11) is 0. The van der Waals surface area contributed by atoms with Gasteiger partial charge in [-0.05, 0) is 35.1 Å². The molecule has 1 aromatic heterocycles. The van der Waals surface area contributed by atoms with Gasteiger partial charge in [-0.2, -0.15) is 10.2 Å². The van der Waals surface area contributed by atoms with Crippen LogP contribution in [0.4, 0.5) is 0 Å². The van der Waals surface area contributed by atoms with Gasteiger partial charge in [-0.25, -0.2) is 5.43 Å². The van der Waals surface area contributed by atoms with E-state index in [9.17, 15) is 4.79 Å². The van der Waals surface area contributed by atoms with Crippen LogP contribution in [0.25, 0.3) is 11.3 Å². The molecule has 0 unspecified atom stereocenters. The number of nitrogens with zero attached hydrogens (tertiary/aromatic N) is 2. The summed E-state index contributed by atoms with van der Waals surface area (Å²) in [5.41, 5.74) is 8.07. The molecule has 5 heteroatoms. The number of rotatable bonds is 6. The molecule has 27 heavy (non-hydrogen) atoms. The second-order valence-electron chi connectivity index (χ2n) is 6.74. The van der Waals surface area contributed by atoms with Crippen LogP contribution in [0.1, 0.15) is 53.9 Å². The predicted molar refractivity (Wildman–Crippen MR) is 109 cm³/mol. The zero-order valence-corrected chi connectivity index (χ0v) is 15.9. The maximum atomic E-state index is 12.2. The van der Waals surface area contributed by atoms with Crippen LogP contribution in [-0.4, -0.2) is 22.3 Å². The standard InChI is InChI=1S/C22H24N4O/c1-4-16-5-11-19(12-6-16)20-13-21(25-24-20)22(27)26-23-14-17-7-9-18(10-8-17)15(2)3/h5-15H,4H2,1-3H3,(H,24,25)(H,26,27). The molecule has 0 atom stereocenters. The molecule has 0 fully saturated rings. The fourth-order valence-corrected chi connectivity index (χ4v) is 2.69. The lowest BCUT2D eigenvalue weighted by Crippen LogP contribution is -2.18. The summed E-state index contributed by atoms with van der Waals surface area (Å²) < 4.78 is 0. The Morgan fingerprint density at radius 3 is 2.48 bits per heavy atom. The van der Waals surface area contributed by atoms with E-state index < -0.39 is 0 Å². The van der Waals surface area contributed by atoms with Gasteiger partial charge in [0.25, 0.3) is 5.91 Å². The molecule has 3 aromatic rings. The number of carbonyl (C=O) groups is 1. The van der Waals surface area contributed by atoms with Gasteiger partial charge in [0.1, 0.15) is 5.69 Å². The first-order valence-electron chi connectivity index (χ1n) is 9.15. The zero-order valence-electron chi connectivity index (χ0n) is 15.9. The number of aromatic nitrogens is 2. The Balaban J connectivity index is 1.62. The van der Waals surface area contributed by atoms with Crippen molar-refractivity contribution in [3.05, 3.63) is 77.0 Å². The second kappa shape index (κ2) is 8.45. The fourth-order valence-electron chi connectivity index (χ4n) is 2.69. The zero-order chi connectivity index (χ0) is 19.2. The summed E-state index contributed by atoms with van der Waals surface area (Å²) in [6.07, 6.45) is 2.62. The molecule has 0 aliphatic heterocycles. The van der Waals surface area contributed by atoms with Crippen molar-refractivity contribution in [3.63, 3.8) is 0 Å². The van der Waals surface area contributed by atoms with Crippen molar-refractivity contribution in [2.75, 3.05) is 0 Å². The maximum absolute atomic E-state index is 12.2. The van der Waals surface area contributed by atoms with Crippen molar-refractivity contribution in [3.8, 4) is 11.3 Å². The number of hydrogen-bond acceptors (Lipinski definition) is 3. The Hall–Kier alpha value is -3.21. The van der Waals surface area contributed by atoms with Gasteiger partial charge in [0.05, 0.1) is 11.9 Å². The highest BCUT2D eigenvalue weighted by Crippen LogP contribution is 2.18. The predicted octanol–water partition coefficient (Wildman–Crippen LogP) is 4.53. The van der Waals surface area contributed by atoms with Crippen molar-refractivity contribution in [2.45, 2.75) is 33.1 Å². The third kappa shape index (κ3) is 4.70. The average molecular weight is 360 g/mol. The van der Waals surface area contributed by atoms with Gasteiger partial charge in [0, 0.05) is 5.56 Å². The largest absolute Gasteiger partial charge is 0.289 e. The number of H-pyrrole nitrogens is 1. The van der Waals surface area contributed by atoms with Gasteiger partial charge >= 0.3 is 0 Å². The van der Waals surface area contributed by atoms with Crippen LogP contribution in [0, 0.1) is 0 Å². The Bertz CT molecular complexity index is 922. The van der Waals surface area contributed by atoms with E-state index in [1.54, 1.807) is 12.3 Å². The normalized spacial score (nSPS) is 11.3. The van der Waals surface area contributed by atoms with Crippen LogP contribution < -0.4 is 5.43 Å². The van der Waals surface area contributed by atoms with Crippen LogP contribution in [0.5, 0.6) is 0 Å². The third-order valence-corrected chi connectivity index (χ3v) is 4.46. The molecular weight excluding hydrogens is 336 g/mol. The molecule has 1 heterocycles. The van der Waals surface area contributed by atoms with E-state index in [1.807, 2.05) is 24.3 Å². The lowest BCUT2D eigenvalue weighted by Gasteiger charge is -2.04. The van der Waals surface area contributed by atoms with Crippen molar-refractivity contribution in [1.29, 1.82) is 0 Å². The number of carbonyl (C=O) groups excluding carboxylic acids is 1. The molecule has 2 aromatic carbocycles. The molecule has 0 saturated heterocycles. The summed E-state index contributed by atoms with van der Waals surface area (Å²) in [5, 5.41) is 11.0. The smallest absolute Gasteiger partial charge is 0.272 e. The van der Waals surface area contributed by atoms with E-state index in [-0.39, 0.29) is 5.91 Å². The summed E-state index contributed by atoms with van der Waals surface area (Å²) in [6.45, 7) is 6.42. The number of hydrogen-bond donors (Lipinski definition) is 2. The van der Waals surface area contributed by atoms with Crippen LogP contribution in [-0.2, 0) is 6.42 Å². The van der Waals surface area contributed by atoms with Crippen LogP contribution in [0.15, 0.2) is 59.7 Å². The topological polar surface area (TPSA) is 70.1 Å². The molecule has 0 aliphatic carbocycles. The first kappa shape index (κ1) is 18.6. The highest BCUT2D eigenvalue weighted by molar-refractivity contribution is 5.94. The van der Waals surface area contributed by atoms with Gasteiger partial charge in [0.2, 0.25) is 0 Å². The van der Waals surface area contributed by atoms with E-state index in [0.29, 0.717) is 11.6 Å². The van der Waals surface area contributed by atoms with E-state index >= 15 is 0 Å². The van der Waals surface area contributed by atoms with E-state index in [4.69, 9.17) is 0 Å². The first-order chi connectivity index (χ1) is 13.1. The Labute approximate surface area is 159 Å². The number of amides is 1. The highest BCUT2D eigenvalue weighted by atomic mass is 16.2. The van der Waals surface area contributed by atoms with Gasteiger partial charge in [-0.3, -0.25) is 9.89 Å². The molecule has 0 bridgehead atoms. The van der Waals surface area contributed by atoms with E-state index in [1.165, 1.54) is 11.1 Å². The van der Waals surface area contributed by atoms with Crippen molar-refractivity contribution >= 4 is 12.1 Å². The van der Waals surface area contributed by atoms with Crippen molar-refractivity contribution in [2.24, 2.45) is 5.10 Å². The van der Waals surface area contributed by atoms with E-state index in [0.717, 1.165) is 23.2 Å². The van der Waals surface area contributed by atoms with Gasteiger partial charge < -0.3 is 0 Å². The molecule has 0 radical (unpaired) electrons. The van der Waals surface area contributed by atoms with Crippen LogP contribution in [0.3, 0.4) is 0 Å². The second-order valence-corrected chi connectivity index (χ2v) is 6.74. The Morgan fingerprint density at radius 1 is 1.15 bits per heavy atom. The number of aromatic amines is 1. The quantitative estimate of drug-likeness (QED) is 0.501. The molecule has 3 rings (SSSR count). The minimum absolute atomic E-state index is 0.325. The average Bonchev–Trinajstić information content (AvgIpc) is 3.19. The number of aryl methyl sites for hydroxylation is 1. The van der Waals surface area contributed by atoms with Crippen molar-refractivity contribution < 1.29 is 4.79 Å². The molecule has 2 N–H and O–H groups in total. The Kier molecular flexibility index (Phi) is 5.81. The van der Waals surface area contributed by atoms with Gasteiger partial charge in [0.15, 0.2) is 0 Å². The Morgan fingerprint density at radius 2 is 1.85 bits per heavy atom.